The summed E-state index contributed by atoms with van der Waals surface area (Å²) in [4.78, 5) is 15.9. The molecular weight excluding hydrogens is 420 g/mol. The van der Waals surface area contributed by atoms with Crippen LogP contribution in [-0.4, -0.2) is 41.8 Å². The van der Waals surface area contributed by atoms with Gasteiger partial charge in [0.25, 0.3) is 5.91 Å². The van der Waals surface area contributed by atoms with E-state index in [1.54, 1.807) is 0 Å². The Bertz CT molecular complexity index is 875. The molecule has 3 rings (SSSR count). The van der Waals surface area contributed by atoms with Crippen molar-refractivity contribution in [3.8, 4) is 0 Å². The number of halogens is 1. The van der Waals surface area contributed by atoms with Gasteiger partial charge in [0.2, 0.25) is 0 Å². The first-order chi connectivity index (χ1) is 13.1. The van der Waals surface area contributed by atoms with Gasteiger partial charge >= 0.3 is 0 Å². The zero-order valence-corrected chi connectivity index (χ0v) is 18.5. The Hall–Kier alpha value is -1.26. The topological polar surface area (TPSA) is 87.5 Å². The number of aromatic nitrogens is 2. The lowest BCUT2D eigenvalue weighted by atomic mass is 9.96. The Morgan fingerprint density at radius 3 is 2.82 bits per heavy atom. The van der Waals surface area contributed by atoms with Crippen molar-refractivity contribution in [2.75, 3.05) is 17.7 Å². The molecule has 2 aromatic rings. The lowest BCUT2D eigenvalue weighted by Crippen LogP contribution is -2.30. The third-order valence-electron chi connectivity index (χ3n) is 4.62. The van der Waals surface area contributed by atoms with Gasteiger partial charge in [0.05, 0.1) is 22.6 Å². The van der Waals surface area contributed by atoms with Crippen molar-refractivity contribution in [2.24, 2.45) is 5.41 Å². The molecule has 3 heterocycles. The fourth-order valence-electron chi connectivity index (χ4n) is 3.24. The van der Waals surface area contributed by atoms with Gasteiger partial charge in [-0.25, -0.2) is 4.21 Å². The van der Waals surface area contributed by atoms with Crippen LogP contribution in [0.25, 0.3) is 0 Å². The lowest BCUT2D eigenvalue weighted by molar-refractivity contribution is 0.0750. The molecule has 7 nitrogen and oxygen atoms in total. The van der Waals surface area contributed by atoms with Crippen LogP contribution in [0.4, 0.5) is 5.82 Å². The average Bonchev–Trinajstić information content (AvgIpc) is 3.30. The normalized spacial score (nSPS) is 19.1. The number of likely N-dealkylation sites (tertiary alicyclic amines) is 1. The van der Waals surface area contributed by atoms with E-state index >= 15 is 0 Å². The van der Waals surface area contributed by atoms with E-state index in [9.17, 15) is 13.6 Å². The average molecular weight is 445 g/mol. The number of hydrogen-bond donors (Lipinski definition) is 2. The second-order valence-electron chi connectivity index (χ2n) is 7.90. The third kappa shape index (κ3) is 5.01. The Morgan fingerprint density at radius 1 is 1.46 bits per heavy atom. The van der Waals surface area contributed by atoms with Crippen molar-refractivity contribution in [3.05, 3.63) is 33.1 Å². The van der Waals surface area contributed by atoms with Gasteiger partial charge in [0, 0.05) is 16.4 Å². The van der Waals surface area contributed by atoms with Gasteiger partial charge in [-0.05, 0) is 31.5 Å². The smallest absolute Gasteiger partial charge is 0.254 e. The van der Waals surface area contributed by atoms with Gasteiger partial charge in [-0.3, -0.25) is 9.69 Å². The molecule has 1 fully saturated rings. The summed E-state index contributed by atoms with van der Waals surface area (Å²) in [7, 11) is 0. The maximum absolute atomic E-state index is 12.9. The number of nitrogens with one attached hydrogen (secondary N) is 1. The molecule has 0 aromatic carbocycles. The van der Waals surface area contributed by atoms with Crippen molar-refractivity contribution < 1.29 is 13.6 Å². The van der Waals surface area contributed by atoms with Crippen LogP contribution < -0.4 is 5.32 Å². The molecule has 0 spiro atoms. The van der Waals surface area contributed by atoms with E-state index in [-0.39, 0.29) is 17.8 Å². The summed E-state index contributed by atoms with van der Waals surface area (Å²) in [6.07, 6.45) is 1.77. The monoisotopic (exact) mass is 444 g/mol. The third-order valence-corrected chi connectivity index (χ3v) is 6.40. The largest absolute Gasteiger partial charge is 0.365 e. The molecule has 2 aromatic heterocycles. The first-order valence-electron chi connectivity index (χ1n) is 9.09. The predicted octanol–water partition coefficient (Wildman–Crippen LogP) is 4.21. The summed E-state index contributed by atoms with van der Waals surface area (Å²) in [5.41, 5.74) is 0.153. The van der Waals surface area contributed by atoms with Crippen LogP contribution in [0.1, 0.15) is 55.0 Å². The quantitative estimate of drug-likeness (QED) is 0.649. The maximum atomic E-state index is 12.9. The molecule has 2 N–H and O–H groups in total. The molecule has 2 unspecified atom stereocenters. The number of carbonyl (C=O) groups excluding carboxylic acids is 1. The molecule has 0 amide bonds. The van der Waals surface area contributed by atoms with Crippen LogP contribution in [0, 0.1) is 5.41 Å². The Labute approximate surface area is 176 Å². The molecular formula is C18H25ClN4O3S2. The minimum absolute atomic E-state index is 0.0677. The van der Waals surface area contributed by atoms with Crippen LogP contribution in [-0.2, 0) is 17.6 Å². The number of rotatable bonds is 6. The zero-order valence-electron chi connectivity index (χ0n) is 16.1. The van der Waals surface area contributed by atoms with E-state index < -0.39 is 16.5 Å². The molecule has 1 aliphatic rings. The van der Waals surface area contributed by atoms with Crippen molar-refractivity contribution in [2.45, 2.75) is 46.2 Å². The molecule has 2 atom stereocenters. The molecule has 0 saturated carbocycles. The summed E-state index contributed by atoms with van der Waals surface area (Å²) >= 11 is 5.58. The van der Waals surface area contributed by atoms with Crippen LogP contribution in [0.15, 0.2) is 18.2 Å². The molecule has 154 valence electrons. The van der Waals surface area contributed by atoms with E-state index in [2.05, 4.69) is 10.4 Å². The molecule has 28 heavy (non-hydrogen) atoms. The van der Waals surface area contributed by atoms with Crippen molar-refractivity contribution >= 4 is 45.7 Å². The number of carbonyl (C=O) groups is 1. The highest BCUT2D eigenvalue weighted by atomic mass is 35.5. The lowest BCUT2D eigenvalue weighted by Gasteiger charge is -2.21. The summed E-state index contributed by atoms with van der Waals surface area (Å²) in [5, 5.41) is 7.89. The van der Waals surface area contributed by atoms with Crippen LogP contribution in [0.5, 0.6) is 0 Å². The van der Waals surface area contributed by atoms with E-state index in [0.29, 0.717) is 12.4 Å². The molecule has 1 saturated heterocycles. The number of nitrogens with zero attached hydrogens (tertiary/aromatic N) is 3. The minimum atomic E-state index is -1.90. The first kappa shape index (κ1) is 21.4. The highest BCUT2D eigenvalue weighted by Gasteiger charge is 2.32. The van der Waals surface area contributed by atoms with E-state index in [1.165, 1.54) is 16.0 Å². The predicted molar refractivity (Wildman–Crippen MR) is 113 cm³/mol. The van der Waals surface area contributed by atoms with Gasteiger partial charge in [-0.2, -0.15) is 9.78 Å². The number of hydrogen-bond acceptors (Lipinski definition) is 6. The second kappa shape index (κ2) is 8.62. The van der Waals surface area contributed by atoms with Crippen LogP contribution in [0.3, 0.4) is 0 Å². The summed E-state index contributed by atoms with van der Waals surface area (Å²) < 4.78 is 22.7. The molecule has 0 bridgehead atoms. The highest BCUT2D eigenvalue weighted by molar-refractivity contribution is 7.79. The standard InChI is InChI=1S/C18H25ClN4O3S2/c1-18(2,3)17(24)23-16(20-10-12-6-7-15(19)27-12)9-13(21-23)14-5-4-8-22(14)11-28(25)26/h6-7,9,14,20H,4-5,8,10-11H2,1-3H3,(H,25,26). The summed E-state index contributed by atoms with van der Waals surface area (Å²) in [6.45, 7) is 6.85. The van der Waals surface area contributed by atoms with Crippen LogP contribution in [0.2, 0.25) is 4.34 Å². The molecule has 10 heteroatoms. The van der Waals surface area contributed by atoms with Gasteiger partial charge in [-0.15, -0.1) is 11.3 Å². The SMILES string of the molecule is CC(C)(C)C(=O)n1nc(C2CCCN2CS(=O)O)cc1NCc1ccc(Cl)s1. The molecule has 0 aliphatic carbocycles. The zero-order chi connectivity index (χ0) is 20.5. The Kier molecular flexibility index (Phi) is 6.61. The fraction of sp³-hybridized carbons (Fsp3) is 0.556. The molecule has 0 radical (unpaired) electrons. The van der Waals surface area contributed by atoms with Crippen molar-refractivity contribution in [3.63, 3.8) is 0 Å². The van der Waals surface area contributed by atoms with Gasteiger partial charge in [0.1, 0.15) is 11.7 Å². The van der Waals surface area contributed by atoms with E-state index in [1.807, 2.05) is 43.9 Å². The van der Waals surface area contributed by atoms with Gasteiger partial charge in [0.15, 0.2) is 11.1 Å². The fourth-order valence-corrected chi connectivity index (χ4v) is 4.86. The van der Waals surface area contributed by atoms with E-state index in [0.717, 1.165) is 34.3 Å². The van der Waals surface area contributed by atoms with Crippen LogP contribution >= 0.6 is 22.9 Å². The number of anilines is 1. The summed E-state index contributed by atoms with van der Waals surface area (Å²) in [5.74, 6) is 0.596. The second-order valence-corrected chi connectivity index (χ2v) is 10.6. The minimum Gasteiger partial charge on any atom is -0.365 e. The first-order valence-corrected chi connectivity index (χ1v) is 11.6. The Balaban J connectivity index is 1.88. The van der Waals surface area contributed by atoms with Crippen molar-refractivity contribution in [1.29, 1.82) is 0 Å². The van der Waals surface area contributed by atoms with Crippen molar-refractivity contribution in [1.82, 2.24) is 14.7 Å². The highest BCUT2D eigenvalue weighted by Crippen LogP contribution is 2.33. The molecule has 1 aliphatic heterocycles. The van der Waals surface area contributed by atoms with Gasteiger partial charge in [-0.1, -0.05) is 32.4 Å². The maximum Gasteiger partial charge on any atom is 0.254 e. The Morgan fingerprint density at radius 2 is 2.21 bits per heavy atom. The van der Waals surface area contributed by atoms with Gasteiger partial charge < -0.3 is 9.87 Å². The number of thiophene rings is 1. The van der Waals surface area contributed by atoms with E-state index in [4.69, 9.17) is 11.6 Å². The summed E-state index contributed by atoms with van der Waals surface area (Å²) in [6, 6.07) is 5.60.